The molecule has 2 aromatic rings. The first-order chi connectivity index (χ1) is 9.90. The Bertz CT molecular complexity index is 635. The molecule has 21 heavy (non-hydrogen) atoms. The highest BCUT2D eigenvalue weighted by atomic mass is 19.2. The Morgan fingerprint density at radius 1 is 1.10 bits per heavy atom. The number of anilines is 2. The summed E-state index contributed by atoms with van der Waals surface area (Å²) >= 11 is 0. The molecule has 2 heterocycles. The average Bonchev–Trinajstić information content (AvgIpc) is 2.45. The van der Waals surface area contributed by atoms with Crippen LogP contribution in [0.1, 0.15) is 5.56 Å². The van der Waals surface area contributed by atoms with Gasteiger partial charge < -0.3 is 10.2 Å². The molecule has 0 aliphatic heterocycles. The van der Waals surface area contributed by atoms with E-state index in [-0.39, 0.29) is 6.54 Å². The van der Waals surface area contributed by atoms with Gasteiger partial charge in [0.05, 0.1) is 0 Å². The highest BCUT2D eigenvalue weighted by Gasteiger charge is 2.20. The van der Waals surface area contributed by atoms with E-state index >= 15 is 0 Å². The molecular formula is C13H12F4N4. The van der Waals surface area contributed by atoms with Gasteiger partial charge in [-0.3, -0.25) is 0 Å². The van der Waals surface area contributed by atoms with Gasteiger partial charge in [-0.05, 0) is 17.7 Å². The van der Waals surface area contributed by atoms with Gasteiger partial charge in [0.25, 0.3) is 11.9 Å². The molecule has 112 valence electrons. The molecule has 0 bridgehead atoms. The minimum atomic E-state index is -1.69. The van der Waals surface area contributed by atoms with Crippen LogP contribution >= 0.6 is 0 Å². The largest absolute Gasteiger partial charge is 0.376 e. The zero-order chi connectivity index (χ0) is 15.6. The van der Waals surface area contributed by atoms with Crippen LogP contribution < -0.4 is 10.2 Å². The number of nitrogens with one attached hydrogen (secondary N) is 1. The second-order valence-corrected chi connectivity index (χ2v) is 4.47. The lowest BCUT2D eigenvalue weighted by Gasteiger charge is -2.13. The third kappa shape index (κ3) is 3.21. The van der Waals surface area contributed by atoms with Crippen LogP contribution in [-0.4, -0.2) is 24.1 Å². The van der Waals surface area contributed by atoms with Crippen molar-refractivity contribution in [3.8, 4) is 0 Å². The molecule has 8 heteroatoms. The molecule has 0 amide bonds. The van der Waals surface area contributed by atoms with Crippen LogP contribution in [0, 0.1) is 23.5 Å². The monoisotopic (exact) mass is 300 g/mol. The number of hydrogen-bond acceptors (Lipinski definition) is 4. The van der Waals surface area contributed by atoms with Crippen LogP contribution in [0.2, 0.25) is 0 Å². The zero-order valence-corrected chi connectivity index (χ0v) is 11.3. The van der Waals surface area contributed by atoms with Gasteiger partial charge in [-0.1, -0.05) is 0 Å². The van der Waals surface area contributed by atoms with Crippen molar-refractivity contribution in [1.29, 1.82) is 0 Å². The number of halogens is 4. The van der Waals surface area contributed by atoms with Crippen LogP contribution in [-0.2, 0) is 6.54 Å². The summed E-state index contributed by atoms with van der Waals surface area (Å²) in [6, 6.07) is 3.29. The Morgan fingerprint density at radius 3 is 2.29 bits per heavy atom. The second-order valence-electron chi connectivity index (χ2n) is 4.47. The van der Waals surface area contributed by atoms with Gasteiger partial charge in [-0.2, -0.15) is 22.5 Å². The predicted octanol–water partition coefficient (Wildman–Crippen LogP) is 2.71. The Morgan fingerprint density at radius 2 is 1.71 bits per heavy atom. The van der Waals surface area contributed by atoms with Crippen molar-refractivity contribution in [3.63, 3.8) is 0 Å². The Hall–Kier alpha value is -2.38. The minimum absolute atomic E-state index is 0.0277. The fourth-order valence-electron chi connectivity index (χ4n) is 1.65. The van der Waals surface area contributed by atoms with Gasteiger partial charge in [-0.25, -0.2) is 4.98 Å². The maximum Gasteiger partial charge on any atom is 0.253 e. The van der Waals surface area contributed by atoms with E-state index in [1.165, 1.54) is 6.20 Å². The van der Waals surface area contributed by atoms with E-state index in [9.17, 15) is 17.6 Å². The summed E-state index contributed by atoms with van der Waals surface area (Å²) in [5.41, 5.74) is -0.242. The summed E-state index contributed by atoms with van der Waals surface area (Å²) in [4.78, 5) is 8.31. The smallest absolute Gasteiger partial charge is 0.253 e. The first-order valence-electron chi connectivity index (χ1n) is 5.96. The van der Waals surface area contributed by atoms with Crippen molar-refractivity contribution in [2.45, 2.75) is 6.54 Å². The average molecular weight is 300 g/mol. The van der Waals surface area contributed by atoms with E-state index < -0.39 is 29.2 Å². The third-order valence-corrected chi connectivity index (χ3v) is 2.73. The van der Waals surface area contributed by atoms with Crippen LogP contribution in [0.15, 0.2) is 18.3 Å². The number of hydrogen-bond donors (Lipinski definition) is 1. The molecule has 2 rings (SSSR count). The van der Waals surface area contributed by atoms with Crippen molar-refractivity contribution in [1.82, 2.24) is 9.97 Å². The molecule has 0 unspecified atom stereocenters. The molecule has 0 saturated heterocycles. The summed E-state index contributed by atoms with van der Waals surface area (Å²) < 4.78 is 52.8. The van der Waals surface area contributed by atoms with E-state index in [1.54, 1.807) is 31.1 Å². The van der Waals surface area contributed by atoms with Crippen molar-refractivity contribution < 1.29 is 17.6 Å². The molecule has 0 fully saturated rings. The van der Waals surface area contributed by atoms with Crippen LogP contribution in [0.4, 0.5) is 29.1 Å². The maximum atomic E-state index is 13.4. The van der Waals surface area contributed by atoms with Gasteiger partial charge in [-0.15, -0.1) is 0 Å². The molecule has 0 aliphatic rings. The fraction of sp³-hybridized carbons (Fsp3) is 0.231. The van der Waals surface area contributed by atoms with Crippen molar-refractivity contribution >= 4 is 11.5 Å². The van der Waals surface area contributed by atoms with Crippen LogP contribution in [0.3, 0.4) is 0 Å². The molecule has 4 nitrogen and oxygen atoms in total. The Labute approximate surface area is 118 Å². The molecular weight excluding hydrogens is 288 g/mol. The van der Waals surface area contributed by atoms with Gasteiger partial charge in [0.2, 0.25) is 11.6 Å². The minimum Gasteiger partial charge on any atom is -0.376 e. The Balaban J connectivity index is 2.23. The fourth-order valence-corrected chi connectivity index (χ4v) is 1.65. The molecule has 0 spiro atoms. The molecule has 0 radical (unpaired) electrons. The predicted molar refractivity (Wildman–Crippen MR) is 70.0 cm³/mol. The number of pyridine rings is 2. The zero-order valence-electron chi connectivity index (χ0n) is 11.3. The lowest BCUT2D eigenvalue weighted by molar-refractivity contribution is 0.410. The van der Waals surface area contributed by atoms with E-state index in [2.05, 4.69) is 15.3 Å². The third-order valence-electron chi connectivity index (χ3n) is 2.73. The first kappa shape index (κ1) is 15.0. The maximum absolute atomic E-state index is 13.4. The number of nitrogens with zero attached hydrogens (tertiary/aromatic N) is 3. The van der Waals surface area contributed by atoms with Gasteiger partial charge in [0, 0.05) is 26.8 Å². The van der Waals surface area contributed by atoms with Gasteiger partial charge >= 0.3 is 0 Å². The molecule has 1 N–H and O–H groups in total. The van der Waals surface area contributed by atoms with E-state index in [0.717, 1.165) is 0 Å². The molecule has 2 aromatic heterocycles. The summed E-state index contributed by atoms with van der Waals surface area (Å²) in [6.07, 6.45) is 1.52. The van der Waals surface area contributed by atoms with E-state index in [0.29, 0.717) is 11.4 Å². The van der Waals surface area contributed by atoms with Crippen LogP contribution in [0.25, 0.3) is 0 Å². The SMILES string of the molecule is CN(C)c1cc(CNc2c(F)c(F)nc(F)c2F)ccn1. The van der Waals surface area contributed by atoms with Crippen molar-refractivity contribution in [3.05, 3.63) is 47.4 Å². The summed E-state index contributed by atoms with van der Waals surface area (Å²) in [7, 11) is 3.57. The standard InChI is InChI=1S/C13H12F4N4/c1-21(2)8-5-7(3-4-18-8)6-19-11-9(14)12(16)20-13(17)10(11)15/h3-5H,6H2,1-2H3,(H,19,20). The second kappa shape index (κ2) is 5.94. The van der Waals surface area contributed by atoms with Crippen molar-refractivity contribution in [2.24, 2.45) is 0 Å². The Kier molecular flexibility index (Phi) is 4.25. The van der Waals surface area contributed by atoms with E-state index in [4.69, 9.17) is 0 Å². The van der Waals surface area contributed by atoms with Crippen molar-refractivity contribution in [2.75, 3.05) is 24.3 Å². The topological polar surface area (TPSA) is 41.0 Å². The summed E-state index contributed by atoms with van der Waals surface area (Å²) in [5.74, 6) is -5.87. The molecule has 0 saturated carbocycles. The van der Waals surface area contributed by atoms with Crippen LogP contribution in [0.5, 0.6) is 0 Å². The number of aromatic nitrogens is 2. The highest BCUT2D eigenvalue weighted by Crippen LogP contribution is 2.23. The molecule has 0 aliphatic carbocycles. The lowest BCUT2D eigenvalue weighted by atomic mass is 10.2. The van der Waals surface area contributed by atoms with Gasteiger partial charge in [0.15, 0.2) is 0 Å². The summed E-state index contributed by atoms with van der Waals surface area (Å²) in [5, 5.41) is 2.33. The quantitative estimate of drug-likeness (QED) is 0.696. The molecule has 0 atom stereocenters. The van der Waals surface area contributed by atoms with E-state index in [1.807, 2.05) is 0 Å². The summed E-state index contributed by atoms with van der Waals surface area (Å²) in [6.45, 7) is -0.0277. The highest BCUT2D eigenvalue weighted by molar-refractivity contribution is 5.47. The molecule has 0 aromatic carbocycles. The number of rotatable bonds is 4. The first-order valence-corrected chi connectivity index (χ1v) is 5.96. The lowest BCUT2D eigenvalue weighted by Crippen LogP contribution is -2.12. The normalized spacial score (nSPS) is 10.6. The van der Waals surface area contributed by atoms with Gasteiger partial charge in [0.1, 0.15) is 11.5 Å².